The number of hydrogen-bond donors (Lipinski definition) is 2. The summed E-state index contributed by atoms with van der Waals surface area (Å²) in [4.78, 5) is 12.9. The first-order valence-corrected chi connectivity index (χ1v) is 7.16. The Morgan fingerprint density at radius 2 is 1.94 bits per heavy atom. The van der Waals surface area contributed by atoms with Crippen molar-refractivity contribution < 1.29 is 9.53 Å². The quantitative estimate of drug-likeness (QED) is 0.760. The summed E-state index contributed by atoms with van der Waals surface area (Å²) in [6.45, 7) is 3.24. The van der Waals surface area contributed by atoms with Crippen LogP contribution in [0.15, 0.2) is 0 Å². The molecule has 0 bridgehead atoms. The molecule has 3 N–H and O–H groups in total. The summed E-state index contributed by atoms with van der Waals surface area (Å²) in [5, 5.41) is 3.21. The topological polar surface area (TPSA) is 64.4 Å². The predicted octanol–water partition coefficient (Wildman–Crippen LogP) is 1.52. The van der Waals surface area contributed by atoms with Crippen molar-refractivity contribution in [3.05, 3.63) is 0 Å². The molecule has 18 heavy (non-hydrogen) atoms. The van der Waals surface area contributed by atoms with Crippen LogP contribution < -0.4 is 11.1 Å². The van der Waals surface area contributed by atoms with Gasteiger partial charge in [0, 0.05) is 18.8 Å². The first-order chi connectivity index (χ1) is 8.55. The Morgan fingerprint density at radius 3 is 2.33 bits per heavy atom. The Balaban J connectivity index is 2.11. The van der Waals surface area contributed by atoms with E-state index in [4.69, 9.17) is 22.7 Å². The van der Waals surface area contributed by atoms with Gasteiger partial charge in [-0.15, -0.1) is 0 Å². The molecule has 4 nitrogen and oxygen atoms in total. The average Bonchev–Trinajstić information content (AvgIpc) is 2.34. The van der Waals surface area contributed by atoms with Crippen LogP contribution in [0.4, 0.5) is 0 Å². The zero-order valence-corrected chi connectivity index (χ0v) is 11.8. The third-order valence-electron chi connectivity index (χ3n) is 4.62. The van der Waals surface area contributed by atoms with Crippen molar-refractivity contribution in [3.8, 4) is 0 Å². The zero-order valence-electron chi connectivity index (χ0n) is 11.0. The second kappa shape index (κ2) is 5.13. The summed E-state index contributed by atoms with van der Waals surface area (Å²) < 4.78 is 5.33. The van der Waals surface area contributed by atoms with E-state index < -0.39 is 5.41 Å². The highest BCUT2D eigenvalue weighted by Crippen LogP contribution is 2.38. The number of nitrogens with two attached hydrogens (primary N) is 1. The zero-order chi connectivity index (χ0) is 13.2. The molecule has 1 heterocycles. The van der Waals surface area contributed by atoms with E-state index in [0.29, 0.717) is 31.0 Å². The molecular formula is C13H22N2O2S. The van der Waals surface area contributed by atoms with E-state index in [9.17, 15) is 4.79 Å². The number of hydrogen-bond acceptors (Lipinski definition) is 3. The molecule has 0 aromatic carbocycles. The van der Waals surface area contributed by atoms with E-state index in [-0.39, 0.29) is 11.4 Å². The highest BCUT2D eigenvalue weighted by molar-refractivity contribution is 7.80. The fraction of sp³-hybridized carbons (Fsp3) is 0.846. The molecule has 102 valence electrons. The van der Waals surface area contributed by atoms with Crippen molar-refractivity contribution in [2.24, 2.45) is 11.1 Å². The van der Waals surface area contributed by atoms with Crippen LogP contribution in [0.3, 0.4) is 0 Å². The molecule has 2 rings (SSSR count). The van der Waals surface area contributed by atoms with Crippen molar-refractivity contribution >= 4 is 23.1 Å². The van der Waals surface area contributed by atoms with Crippen LogP contribution in [0, 0.1) is 5.41 Å². The Bertz CT molecular complexity index is 341. The van der Waals surface area contributed by atoms with E-state index in [1.165, 1.54) is 6.42 Å². The normalized spacial score (nSPS) is 24.9. The number of carbonyl (C=O) groups excluding carboxylic acids is 1. The van der Waals surface area contributed by atoms with E-state index in [2.05, 4.69) is 12.2 Å². The van der Waals surface area contributed by atoms with Gasteiger partial charge in [0.25, 0.3) is 0 Å². The molecule has 0 aromatic heterocycles. The van der Waals surface area contributed by atoms with Gasteiger partial charge in [0.15, 0.2) is 0 Å². The number of ether oxygens (including phenoxy) is 1. The monoisotopic (exact) mass is 270 g/mol. The fourth-order valence-electron chi connectivity index (χ4n) is 2.84. The number of thiocarbonyl (C=S) groups is 1. The number of carbonyl (C=O) groups is 1. The number of amides is 1. The van der Waals surface area contributed by atoms with Gasteiger partial charge in [-0.1, -0.05) is 19.1 Å². The second-order valence-electron chi connectivity index (χ2n) is 5.50. The van der Waals surface area contributed by atoms with Gasteiger partial charge in [-0.3, -0.25) is 4.79 Å². The Hall–Kier alpha value is -0.680. The Kier molecular flexibility index (Phi) is 3.92. The maximum absolute atomic E-state index is 12.6. The van der Waals surface area contributed by atoms with Crippen LogP contribution in [-0.4, -0.2) is 29.6 Å². The molecule has 2 aliphatic rings. The second-order valence-corrected chi connectivity index (χ2v) is 5.94. The molecule has 5 heteroatoms. The fourth-order valence-corrected chi connectivity index (χ4v) is 3.13. The van der Waals surface area contributed by atoms with E-state index in [0.717, 1.165) is 19.3 Å². The van der Waals surface area contributed by atoms with Gasteiger partial charge in [-0.25, -0.2) is 0 Å². The third-order valence-corrected chi connectivity index (χ3v) is 5.01. The van der Waals surface area contributed by atoms with Crippen LogP contribution in [0.25, 0.3) is 0 Å². The standard InChI is InChI=1S/C13H22N2O2S/c1-2-12(4-3-5-12)15-11(16)13(10(14)18)6-8-17-9-7-13/h2-9H2,1H3,(H2,14,18)(H,15,16). The minimum atomic E-state index is -0.689. The van der Waals surface area contributed by atoms with Gasteiger partial charge >= 0.3 is 0 Å². The van der Waals surface area contributed by atoms with Gasteiger partial charge in [0.2, 0.25) is 5.91 Å². The smallest absolute Gasteiger partial charge is 0.233 e. The highest BCUT2D eigenvalue weighted by atomic mass is 32.1. The van der Waals surface area contributed by atoms with Crippen molar-refractivity contribution in [3.63, 3.8) is 0 Å². The molecule has 0 radical (unpaired) electrons. The molecule has 1 aliphatic carbocycles. The van der Waals surface area contributed by atoms with E-state index >= 15 is 0 Å². The van der Waals surface area contributed by atoms with Crippen LogP contribution in [0.5, 0.6) is 0 Å². The predicted molar refractivity (Wildman–Crippen MR) is 74.3 cm³/mol. The maximum atomic E-state index is 12.6. The largest absolute Gasteiger partial charge is 0.392 e. The third kappa shape index (κ3) is 2.26. The van der Waals surface area contributed by atoms with Crippen molar-refractivity contribution in [1.29, 1.82) is 0 Å². The summed E-state index contributed by atoms with van der Waals surface area (Å²) in [7, 11) is 0. The van der Waals surface area contributed by atoms with Gasteiger partial charge in [0.1, 0.15) is 5.41 Å². The van der Waals surface area contributed by atoms with Gasteiger partial charge in [-0.05, 0) is 38.5 Å². The molecular weight excluding hydrogens is 248 g/mol. The lowest BCUT2D eigenvalue weighted by molar-refractivity contribution is -0.134. The number of rotatable bonds is 4. The van der Waals surface area contributed by atoms with Crippen LogP contribution >= 0.6 is 12.2 Å². The molecule has 1 saturated heterocycles. The Labute approximate surface area is 114 Å². The van der Waals surface area contributed by atoms with Crippen LogP contribution in [-0.2, 0) is 9.53 Å². The molecule has 1 saturated carbocycles. The van der Waals surface area contributed by atoms with E-state index in [1.807, 2.05) is 0 Å². The van der Waals surface area contributed by atoms with E-state index in [1.54, 1.807) is 0 Å². The van der Waals surface area contributed by atoms with Gasteiger partial charge < -0.3 is 15.8 Å². The minimum Gasteiger partial charge on any atom is -0.392 e. The molecule has 0 spiro atoms. The SMILES string of the molecule is CCC1(NC(=O)C2(C(N)=S)CCOCC2)CCC1. The summed E-state index contributed by atoms with van der Waals surface area (Å²) in [5.74, 6) is 0.0138. The van der Waals surface area contributed by atoms with Crippen molar-refractivity contribution in [2.45, 2.75) is 51.0 Å². The molecule has 1 aliphatic heterocycles. The lowest BCUT2D eigenvalue weighted by Gasteiger charge is -2.45. The summed E-state index contributed by atoms with van der Waals surface area (Å²) in [5.41, 5.74) is 5.14. The summed E-state index contributed by atoms with van der Waals surface area (Å²) in [6.07, 6.45) is 5.51. The van der Waals surface area contributed by atoms with Crippen LogP contribution in [0.2, 0.25) is 0 Å². The summed E-state index contributed by atoms with van der Waals surface area (Å²) >= 11 is 5.14. The van der Waals surface area contributed by atoms with Crippen LogP contribution in [0.1, 0.15) is 45.4 Å². The summed E-state index contributed by atoms with van der Waals surface area (Å²) in [6, 6.07) is 0. The lowest BCUT2D eigenvalue weighted by atomic mass is 9.72. The lowest BCUT2D eigenvalue weighted by Crippen LogP contribution is -2.60. The first kappa shape index (κ1) is 13.7. The molecule has 0 atom stereocenters. The first-order valence-electron chi connectivity index (χ1n) is 6.75. The van der Waals surface area contributed by atoms with Gasteiger partial charge in [-0.2, -0.15) is 0 Å². The van der Waals surface area contributed by atoms with Gasteiger partial charge in [0.05, 0.1) is 4.99 Å². The highest BCUT2D eigenvalue weighted by Gasteiger charge is 2.47. The average molecular weight is 270 g/mol. The Morgan fingerprint density at radius 1 is 1.33 bits per heavy atom. The minimum absolute atomic E-state index is 0.00677. The molecule has 0 unspecified atom stereocenters. The molecule has 0 aromatic rings. The van der Waals surface area contributed by atoms with Crippen molar-refractivity contribution in [2.75, 3.05) is 13.2 Å². The number of nitrogens with one attached hydrogen (secondary N) is 1. The van der Waals surface area contributed by atoms with Crippen molar-refractivity contribution in [1.82, 2.24) is 5.32 Å². The molecule has 1 amide bonds. The maximum Gasteiger partial charge on any atom is 0.233 e. The molecule has 2 fully saturated rings.